The monoisotopic (exact) mass is 237 g/mol. The number of imidazole rings is 1. The first-order valence-electron chi connectivity index (χ1n) is 6.19. The maximum atomic E-state index is 11.7. The molecule has 0 radical (unpaired) electrons. The first kappa shape index (κ1) is 12.1. The van der Waals surface area contributed by atoms with Gasteiger partial charge in [-0.2, -0.15) is 0 Å². The maximum Gasteiger partial charge on any atom is 0.222 e. The summed E-state index contributed by atoms with van der Waals surface area (Å²) in [6, 6.07) is -0.0564. The molecule has 2 rings (SSSR count). The van der Waals surface area contributed by atoms with Gasteiger partial charge in [0.1, 0.15) is 0 Å². The highest BCUT2D eigenvalue weighted by Crippen LogP contribution is 2.18. The molecule has 2 atom stereocenters. The number of amides is 1. The molecule has 0 aromatic carbocycles. The van der Waals surface area contributed by atoms with Gasteiger partial charge in [0, 0.05) is 25.4 Å². The number of aryl methyl sites for hydroxylation is 1. The standard InChI is InChI=1S/C12H19N3O2/c16-11-4-2-1-3-10(11)14-12(17)5-7-15-8-6-13-9-15/h6,8-11,16H,1-5,7H2,(H,14,17)/t10-,11-/m1/s1. The zero-order chi connectivity index (χ0) is 12.1. The number of aromatic nitrogens is 2. The Kier molecular flexibility index (Phi) is 4.14. The fourth-order valence-electron chi connectivity index (χ4n) is 2.21. The zero-order valence-corrected chi connectivity index (χ0v) is 9.88. The summed E-state index contributed by atoms with van der Waals surface area (Å²) in [6.07, 6.45) is 9.12. The fourth-order valence-corrected chi connectivity index (χ4v) is 2.21. The second-order valence-corrected chi connectivity index (χ2v) is 4.58. The fraction of sp³-hybridized carbons (Fsp3) is 0.667. The summed E-state index contributed by atoms with van der Waals surface area (Å²) >= 11 is 0. The van der Waals surface area contributed by atoms with Gasteiger partial charge in [-0.1, -0.05) is 12.8 Å². The predicted molar refractivity (Wildman–Crippen MR) is 63.2 cm³/mol. The van der Waals surface area contributed by atoms with E-state index in [1.807, 2.05) is 10.8 Å². The number of nitrogens with one attached hydrogen (secondary N) is 1. The molecule has 0 aliphatic heterocycles. The minimum Gasteiger partial charge on any atom is -0.391 e. The van der Waals surface area contributed by atoms with E-state index in [9.17, 15) is 9.90 Å². The van der Waals surface area contributed by atoms with E-state index >= 15 is 0 Å². The number of hydrogen-bond donors (Lipinski definition) is 2. The van der Waals surface area contributed by atoms with Crippen LogP contribution in [-0.2, 0) is 11.3 Å². The van der Waals surface area contributed by atoms with Crippen LogP contribution in [-0.4, -0.2) is 32.7 Å². The maximum absolute atomic E-state index is 11.7. The molecule has 0 spiro atoms. The van der Waals surface area contributed by atoms with E-state index in [4.69, 9.17) is 0 Å². The molecule has 1 aromatic heterocycles. The number of aliphatic hydroxyl groups excluding tert-OH is 1. The van der Waals surface area contributed by atoms with Crippen LogP contribution in [0.2, 0.25) is 0 Å². The minimum absolute atomic E-state index is 0.00431. The van der Waals surface area contributed by atoms with Crippen LogP contribution in [0.25, 0.3) is 0 Å². The molecular weight excluding hydrogens is 218 g/mol. The molecule has 1 aliphatic carbocycles. The van der Waals surface area contributed by atoms with E-state index in [0.29, 0.717) is 13.0 Å². The van der Waals surface area contributed by atoms with E-state index in [1.165, 1.54) is 0 Å². The Bertz CT molecular complexity index is 351. The van der Waals surface area contributed by atoms with E-state index in [-0.39, 0.29) is 18.1 Å². The van der Waals surface area contributed by atoms with Gasteiger partial charge < -0.3 is 15.0 Å². The first-order valence-corrected chi connectivity index (χ1v) is 6.19. The van der Waals surface area contributed by atoms with Crippen LogP contribution < -0.4 is 5.32 Å². The van der Waals surface area contributed by atoms with Crippen LogP contribution >= 0.6 is 0 Å². The molecule has 94 valence electrons. The summed E-state index contributed by atoms with van der Waals surface area (Å²) < 4.78 is 1.87. The smallest absolute Gasteiger partial charge is 0.222 e. The Labute approximate surface area is 101 Å². The number of hydrogen-bond acceptors (Lipinski definition) is 3. The molecule has 1 heterocycles. The highest BCUT2D eigenvalue weighted by atomic mass is 16.3. The molecule has 0 unspecified atom stereocenters. The van der Waals surface area contributed by atoms with Crippen molar-refractivity contribution in [2.75, 3.05) is 0 Å². The average molecular weight is 237 g/mol. The average Bonchev–Trinajstić information content (AvgIpc) is 2.82. The third-order valence-corrected chi connectivity index (χ3v) is 3.23. The summed E-state index contributed by atoms with van der Waals surface area (Å²) in [6.45, 7) is 0.634. The second kappa shape index (κ2) is 5.82. The Morgan fingerprint density at radius 2 is 2.29 bits per heavy atom. The van der Waals surface area contributed by atoms with Crippen molar-refractivity contribution >= 4 is 5.91 Å². The van der Waals surface area contributed by atoms with Crippen LogP contribution in [0.15, 0.2) is 18.7 Å². The van der Waals surface area contributed by atoms with E-state index in [0.717, 1.165) is 25.7 Å². The Morgan fingerprint density at radius 3 is 3.00 bits per heavy atom. The lowest BCUT2D eigenvalue weighted by atomic mass is 9.92. The first-order chi connectivity index (χ1) is 8.25. The zero-order valence-electron chi connectivity index (χ0n) is 9.88. The van der Waals surface area contributed by atoms with Crippen molar-refractivity contribution in [1.29, 1.82) is 0 Å². The summed E-state index contributed by atoms with van der Waals surface area (Å²) in [7, 11) is 0. The summed E-state index contributed by atoms with van der Waals surface area (Å²) in [4.78, 5) is 15.6. The third-order valence-electron chi connectivity index (χ3n) is 3.23. The topological polar surface area (TPSA) is 67.2 Å². The van der Waals surface area contributed by atoms with E-state index in [2.05, 4.69) is 10.3 Å². The van der Waals surface area contributed by atoms with Crippen molar-refractivity contribution in [1.82, 2.24) is 14.9 Å². The summed E-state index contributed by atoms with van der Waals surface area (Å²) in [5, 5.41) is 12.6. The molecule has 1 saturated carbocycles. The number of carbonyl (C=O) groups excluding carboxylic acids is 1. The molecule has 1 fully saturated rings. The Hall–Kier alpha value is -1.36. The quantitative estimate of drug-likeness (QED) is 0.809. The highest BCUT2D eigenvalue weighted by Gasteiger charge is 2.24. The third kappa shape index (κ3) is 3.56. The number of carbonyl (C=O) groups is 1. The van der Waals surface area contributed by atoms with Gasteiger partial charge >= 0.3 is 0 Å². The lowest BCUT2D eigenvalue weighted by Crippen LogP contribution is -2.45. The second-order valence-electron chi connectivity index (χ2n) is 4.58. The molecule has 1 aliphatic rings. The minimum atomic E-state index is -0.374. The molecular formula is C12H19N3O2. The molecule has 0 saturated heterocycles. The van der Waals surface area contributed by atoms with Gasteiger partial charge in [0.15, 0.2) is 0 Å². The molecule has 17 heavy (non-hydrogen) atoms. The summed E-state index contributed by atoms with van der Waals surface area (Å²) in [5.74, 6) is 0.00431. The Morgan fingerprint density at radius 1 is 1.47 bits per heavy atom. The van der Waals surface area contributed by atoms with Crippen LogP contribution in [0.1, 0.15) is 32.1 Å². The molecule has 5 heteroatoms. The number of rotatable bonds is 4. The van der Waals surface area contributed by atoms with Crippen LogP contribution in [0.4, 0.5) is 0 Å². The van der Waals surface area contributed by atoms with Crippen LogP contribution in [0.5, 0.6) is 0 Å². The number of nitrogens with zero attached hydrogens (tertiary/aromatic N) is 2. The van der Waals surface area contributed by atoms with Gasteiger partial charge in [0.2, 0.25) is 5.91 Å². The Balaban J connectivity index is 1.73. The lowest BCUT2D eigenvalue weighted by Gasteiger charge is -2.28. The van der Waals surface area contributed by atoms with Gasteiger partial charge in [-0.25, -0.2) is 4.98 Å². The van der Waals surface area contributed by atoms with Gasteiger partial charge in [-0.05, 0) is 12.8 Å². The summed E-state index contributed by atoms with van der Waals surface area (Å²) in [5.41, 5.74) is 0. The van der Waals surface area contributed by atoms with E-state index in [1.54, 1.807) is 12.5 Å². The SMILES string of the molecule is O=C(CCn1ccnc1)N[C@@H]1CCCC[C@H]1O. The van der Waals surface area contributed by atoms with Crippen molar-refractivity contribution in [3.63, 3.8) is 0 Å². The van der Waals surface area contributed by atoms with Crippen LogP contribution in [0.3, 0.4) is 0 Å². The largest absolute Gasteiger partial charge is 0.391 e. The van der Waals surface area contributed by atoms with Gasteiger partial charge in [-0.3, -0.25) is 4.79 Å². The molecule has 1 aromatic rings. The van der Waals surface area contributed by atoms with Crippen molar-refractivity contribution in [2.45, 2.75) is 50.8 Å². The van der Waals surface area contributed by atoms with Crippen molar-refractivity contribution in [3.8, 4) is 0 Å². The van der Waals surface area contributed by atoms with Crippen LogP contribution in [0, 0.1) is 0 Å². The van der Waals surface area contributed by atoms with Gasteiger partial charge in [0.25, 0.3) is 0 Å². The highest BCUT2D eigenvalue weighted by molar-refractivity contribution is 5.76. The predicted octanol–water partition coefficient (Wildman–Crippen LogP) is 0.693. The normalized spacial score (nSPS) is 24.5. The molecule has 0 bridgehead atoms. The number of aliphatic hydroxyl groups is 1. The van der Waals surface area contributed by atoms with Crippen molar-refractivity contribution < 1.29 is 9.90 Å². The molecule has 2 N–H and O–H groups in total. The molecule has 5 nitrogen and oxygen atoms in total. The van der Waals surface area contributed by atoms with E-state index < -0.39 is 0 Å². The van der Waals surface area contributed by atoms with Gasteiger partial charge in [0.05, 0.1) is 18.5 Å². The van der Waals surface area contributed by atoms with Crippen molar-refractivity contribution in [3.05, 3.63) is 18.7 Å². The van der Waals surface area contributed by atoms with Gasteiger partial charge in [-0.15, -0.1) is 0 Å². The van der Waals surface area contributed by atoms with Crippen molar-refractivity contribution in [2.24, 2.45) is 0 Å². The molecule has 1 amide bonds. The lowest BCUT2D eigenvalue weighted by molar-refractivity contribution is -0.123.